The summed E-state index contributed by atoms with van der Waals surface area (Å²) in [6.45, 7) is 6.24. The Morgan fingerprint density at radius 1 is 1.13 bits per heavy atom. The summed E-state index contributed by atoms with van der Waals surface area (Å²) in [6, 6.07) is 11.8. The first-order valence-electron chi connectivity index (χ1n) is 12.7. The van der Waals surface area contributed by atoms with E-state index in [1.807, 2.05) is 39.0 Å². The molecular weight excluding hydrogens is 502 g/mol. The number of rotatable bonds is 9. The highest BCUT2D eigenvalue weighted by atomic mass is 32.1. The number of nitrogen functional groups attached to an aromatic ring is 1. The normalized spacial score (nSPS) is 14.2. The van der Waals surface area contributed by atoms with E-state index in [1.165, 1.54) is 4.90 Å². The van der Waals surface area contributed by atoms with Crippen LogP contribution in [0.1, 0.15) is 75.5 Å². The number of anilines is 2. The predicted octanol–water partition coefficient (Wildman–Crippen LogP) is 4.29. The summed E-state index contributed by atoms with van der Waals surface area (Å²) in [7, 11) is 0. The van der Waals surface area contributed by atoms with Gasteiger partial charge in [0.2, 0.25) is 5.91 Å². The lowest BCUT2D eigenvalue weighted by Gasteiger charge is -2.33. The van der Waals surface area contributed by atoms with Crippen LogP contribution in [-0.4, -0.2) is 34.7 Å². The number of aryl methyl sites for hydroxylation is 2. The quantitative estimate of drug-likeness (QED) is 0.373. The number of hydrogen-bond donors (Lipinski definition) is 3. The lowest BCUT2D eigenvalue weighted by Crippen LogP contribution is -2.46. The Morgan fingerprint density at radius 2 is 1.82 bits per heavy atom. The van der Waals surface area contributed by atoms with Gasteiger partial charge in [0.05, 0.1) is 12.3 Å². The molecule has 0 aliphatic heterocycles. The predicted molar refractivity (Wildman–Crippen MR) is 149 cm³/mol. The van der Waals surface area contributed by atoms with Crippen molar-refractivity contribution in [3.05, 3.63) is 69.7 Å². The molecule has 3 amide bonds. The summed E-state index contributed by atoms with van der Waals surface area (Å²) in [4.78, 5) is 41.5. The molecule has 2 aromatic carbocycles. The van der Waals surface area contributed by atoms with Crippen molar-refractivity contribution in [2.75, 3.05) is 17.2 Å². The molecule has 5 N–H and O–H groups in total. The van der Waals surface area contributed by atoms with Crippen LogP contribution in [0.3, 0.4) is 0 Å². The van der Waals surface area contributed by atoms with Crippen LogP contribution < -0.4 is 26.4 Å². The Labute approximate surface area is 226 Å². The monoisotopic (exact) mass is 535 g/mol. The van der Waals surface area contributed by atoms with Crippen molar-refractivity contribution in [3.8, 4) is 5.75 Å². The Balaban J connectivity index is 1.87. The third kappa shape index (κ3) is 5.65. The number of benzene rings is 2. The van der Waals surface area contributed by atoms with Gasteiger partial charge in [-0.2, -0.15) is 4.37 Å². The van der Waals surface area contributed by atoms with E-state index in [0.29, 0.717) is 23.6 Å². The van der Waals surface area contributed by atoms with Crippen molar-refractivity contribution in [1.82, 2.24) is 9.69 Å². The second kappa shape index (κ2) is 11.6. The number of carbonyl (C=O) groups excluding carboxylic acids is 3. The van der Waals surface area contributed by atoms with E-state index in [-0.39, 0.29) is 28.2 Å². The average Bonchev–Trinajstić information content (AvgIpc) is 3.53. The maximum absolute atomic E-state index is 14.2. The highest BCUT2D eigenvalue weighted by Crippen LogP contribution is 2.36. The zero-order chi connectivity index (χ0) is 27.4. The number of carbonyl (C=O) groups is 3. The van der Waals surface area contributed by atoms with Crippen molar-refractivity contribution >= 4 is 40.6 Å². The number of aromatic nitrogens is 1. The van der Waals surface area contributed by atoms with Crippen LogP contribution in [0, 0.1) is 13.8 Å². The van der Waals surface area contributed by atoms with E-state index >= 15 is 0 Å². The topological polar surface area (TPSA) is 141 Å². The molecule has 0 radical (unpaired) electrons. The van der Waals surface area contributed by atoms with Gasteiger partial charge in [-0.25, -0.2) is 0 Å². The molecule has 0 bridgehead atoms. The van der Waals surface area contributed by atoms with Gasteiger partial charge in [0.1, 0.15) is 16.7 Å². The van der Waals surface area contributed by atoms with E-state index in [9.17, 15) is 14.4 Å². The second-order valence-corrected chi connectivity index (χ2v) is 10.3. The molecule has 1 heterocycles. The molecule has 38 heavy (non-hydrogen) atoms. The van der Waals surface area contributed by atoms with E-state index in [2.05, 4.69) is 9.69 Å². The van der Waals surface area contributed by atoms with Crippen molar-refractivity contribution in [2.24, 2.45) is 5.73 Å². The number of nitrogens with one attached hydrogen (secondary N) is 1. The number of ether oxygens (including phenoxy) is 1. The van der Waals surface area contributed by atoms with Crippen LogP contribution in [0.5, 0.6) is 5.75 Å². The standard InChI is InChI=1S/C28H33N5O4S/c1-4-37-20-12-10-18(11-13-20)24(27(35)31-19-7-5-6-8-19)33(21-14-9-16(2)15-17(21)3)28(36)25-22(29)23(26(30)34)32-38-25/h9-15,19,24H,4-8,29H2,1-3H3,(H2,30,34)(H,31,35). The largest absolute Gasteiger partial charge is 0.494 e. The van der Waals surface area contributed by atoms with E-state index < -0.39 is 17.9 Å². The first kappa shape index (κ1) is 27.1. The first-order valence-corrected chi connectivity index (χ1v) is 13.5. The molecule has 3 aromatic rings. The van der Waals surface area contributed by atoms with Crippen LogP contribution in [0.2, 0.25) is 0 Å². The average molecular weight is 536 g/mol. The van der Waals surface area contributed by atoms with Crippen LogP contribution in [0.25, 0.3) is 0 Å². The molecule has 1 atom stereocenters. The lowest BCUT2D eigenvalue weighted by molar-refractivity contribution is -0.123. The molecule has 1 aliphatic rings. The van der Waals surface area contributed by atoms with Gasteiger partial charge < -0.3 is 21.5 Å². The summed E-state index contributed by atoms with van der Waals surface area (Å²) >= 11 is 0.792. The SMILES string of the molecule is CCOc1ccc(C(C(=O)NC2CCCC2)N(C(=O)c2snc(C(N)=O)c2N)c2ccc(C)cc2C)cc1. The summed E-state index contributed by atoms with van der Waals surface area (Å²) in [5.41, 5.74) is 14.3. The Morgan fingerprint density at radius 3 is 2.39 bits per heavy atom. The lowest BCUT2D eigenvalue weighted by atomic mass is 10.00. The molecule has 0 saturated heterocycles. The molecule has 1 aliphatic carbocycles. The Hall–Kier alpha value is -3.92. The van der Waals surface area contributed by atoms with E-state index in [0.717, 1.165) is 48.3 Å². The fourth-order valence-electron chi connectivity index (χ4n) is 4.86. The molecule has 0 spiro atoms. The highest BCUT2D eigenvalue weighted by Gasteiger charge is 2.37. The van der Waals surface area contributed by atoms with Crippen molar-refractivity contribution in [2.45, 2.75) is 58.5 Å². The van der Waals surface area contributed by atoms with Gasteiger partial charge in [-0.15, -0.1) is 0 Å². The summed E-state index contributed by atoms with van der Waals surface area (Å²) in [5, 5.41) is 3.16. The van der Waals surface area contributed by atoms with Crippen molar-refractivity contribution < 1.29 is 19.1 Å². The Kier molecular flexibility index (Phi) is 8.31. The summed E-state index contributed by atoms with van der Waals surface area (Å²) in [5.74, 6) is -1.00. The Bertz CT molecular complexity index is 1330. The van der Waals surface area contributed by atoms with Crippen LogP contribution in [0.4, 0.5) is 11.4 Å². The minimum atomic E-state index is -1.02. The maximum atomic E-state index is 14.2. The van der Waals surface area contributed by atoms with Gasteiger partial charge in [-0.3, -0.25) is 19.3 Å². The van der Waals surface area contributed by atoms with Crippen molar-refractivity contribution in [3.63, 3.8) is 0 Å². The number of nitrogens with zero attached hydrogens (tertiary/aromatic N) is 2. The first-order chi connectivity index (χ1) is 18.2. The molecule has 1 unspecified atom stereocenters. The number of nitrogens with two attached hydrogens (primary N) is 2. The molecule has 1 saturated carbocycles. The summed E-state index contributed by atoms with van der Waals surface area (Å²) < 4.78 is 9.61. The van der Waals surface area contributed by atoms with Gasteiger partial charge >= 0.3 is 0 Å². The minimum Gasteiger partial charge on any atom is -0.494 e. The molecule has 10 heteroatoms. The van der Waals surface area contributed by atoms with Crippen LogP contribution in [0.15, 0.2) is 42.5 Å². The van der Waals surface area contributed by atoms with E-state index in [1.54, 1.807) is 24.3 Å². The van der Waals surface area contributed by atoms with Gasteiger partial charge in [0.15, 0.2) is 5.69 Å². The smallest absolute Gasteiger partial charge is 0.273 e. The molecule has 4 rings (SSSR count). The summed E-state index contributed by atoms with van der Waals surface area (Å²) in [6.07, 6.45) is 3.88. The van der Waals surface area contributed by atoms with E-state index in [4.69, 9.17) is 16.2 Å². The van der Waals surface area contributed by atoms with Gasteiger partial charge in [-0.05, 0) is 74.5 Å². The number of amides is 3. The molecule has 9 nitrogen and oxygen atoms in total. The van der Waals surface area contributed by atoms with Crippen LogP contribution >= 0.6 is 11.5 Å². The number of hydrogen-bond acceptors (Lipinski definition) is 7. The third-order valence-corrected chi connectivity index (χ3v) is 7.55. The van der Waals surface area contributed by atoms with Crippen LogP contribution in [-0.2, 0) is 4.79 Å². The van der Waals surface area contributed by atoms with Crippen molar-refractivity contribution in [1.29, 1.82) is 0 Å². The fraction of sp³-hybridized carbons (Fsp3) is 0.357. The van der Waals surface area contributed by atoms with Gasteiger partial charge in [-0.1, -0.05) is 42.7 Å². The van der Waals surface area contributed by atoms with Gasteiger partial charge in [0.25, 0.3) is 11.8 Å². The van der Waals surface area contributed by atoms with Gasteiger partial charge in [0, 0.05) is 11.7 Å². The molecule has 200 valence electrons. The zero-order valence-electron chi connectivity index (χ0n) is 21.8. The zero-order valence-corrected chi connectivity index (χ0v) is 22.6. The molecular formula is C28H33N5O4S. The third-order valence-electron chi connectivity index (χ3n) is 6.70. The minimum absolute atomic E-state index is 0.0405. The fourth-order valence-corrected chi connectivity index (χ4v) is 5.60. The molecule has 1 fully saturated rings. The highest BCUT2D eigenvalue weighted by molar-refractivity contribution is 7.09. The number of primary amides is 1. The maximum Gasteiger partial charge on any atom is 0.273 e. The molecule has 1 aromatic heterocycles. The second-order valence-electron chi connectivity index (χ2n) is 9.50.